The number of ether oxygens (including phenoxy) is 1. The van der Waals surface area contributed by atoms with Gasteiger partial charge < -0.3 is 11.7 Å². The molecule has 2 nitrogen and oxygen atoms in total. The Hall–Kier alpha value is -0.0756. The summed E-state index contributed by atoms with van der Waals surface area (Å²) in [6, 6.07) is 0. The zero-order chi connectivity index (χ0) is 7.86. The summed E-state index contributed by atoms with van der Waals surface area (Å²) < 4.78 is 4.00. The number of hydrogen-bond acceptors (Lipinski definition) is 2. The molecule has 0 rings (SSSR count). The summed E-state index contributed by atoms with van der Waals surface area (Å²) in [6.07, 6.45) is 0. The van der Waals surface area contributed by atoms with Crippen molar-refractivity contribution in [2.24, 2.45) is 5.92 Å². The van der Waals surface area contributed by atoms with Gasteiger partial charge in [-0.1, -0.05) is 13.8 Å². The molecule has 0 N–H and O–H groups in total. The van der Waals surface area contributed by atoms with Gasteiger partial charge in [0, 0.05) is 0 Å². The third kappa shape index (κ3) is 103. The van der Waals surface area contributed by atoms with Crippen molar-refractivity contribution in [3.05, 3.63) is 13.8 Å². The molecule has 0 aliphatic rings. The average Bonchev–Trinajstić information content (AvgIpc) is 1.65. The van der Waals surface area contributed by atoms with Gasteiger partial charge in [-0.15, -0.1) is 0 Å². The van der Waals surface area contributed by atoms with Crippen LogP contribution in [0.5, 0.6) is 0 Å². The molecular weight excluding hydrogens is 167 g/mol. The standard InChI is InChI=1S/C4H9.C3H5O2.V/c1-4(2)3;1-3(4)5-2;/h4H,1H2,2-3H3;1H2,2H3;/q2*-1;+2. The van der Waals surface area contributed by atoms with Crippen molar-refractivity contribution >= 4 is 5.97 Å². The molecule has 1 radical (unpaired) electrons. The largest absolute Gasteiger partial charge is 2.00 e. The predicted octanol–water partition coefficient (Wildman–Crippen LogP) is 1.47. The number of methoxy groups -OCH3 is 1. The van der Waals surface area contributed by atoms with Crippen LogP contribution in [-0.2, 0) is 28.1 Å². The van der Waals surface area contributed by atoms with Gasteiger partial charge >= 0.3 is 18.6 Å². The number of carbonyl (C=O) groups excluding carboxylic acids is 1. The van der Waals surface area contributed by atoms with E-state index in [0.29, 0.717) is 5.92 Å². The Morgan fingerprint density at radius 3 is 1.60 bits per heavy atom. The Bertz CT molecular complexity index is 69.3. The molecule has 0 aromatic rings. The fourth-order valence-corrected chi connectivity index (χ4v) is 0. The van der Waals surface area contributed by atoms with Crippen molar-refractivity contribution in [1.82, 2.24) is 0 Å². The quantitative estimate of drug-likeness (QED) is 0.417. The first kappa shape index (κ1) is 16.5. The Morgan fingerprint density at radius 2 is 1.60 bits per heavy atom. The van der Waals surface area contributed by atoms with Crippen LogP contribution in [0, 0.1) is 19.8 Å². The smallest absolute Gasteiger partial charge is 0.492 e. The van der Waals surface area contributed by atoms with E-state index in [1.807, 2.05) is 0 Å². The van der Waals surface area contributed by atoms with Crippen LogP contribution in [0.1, 0.15) is 13.8 Å². The van der Waals surface area contributed by atoms with Gasteiger partial charge in [0.1, 0.15) is 0 Å². The van der Waals surface area contributed by atoms with Crippen molar-refractivity contribution in [1.29, 1.82) is 0 Å². The molecule has 0 bridgehead atoms. The minimum absolute atomic E-state index is 0. The van der Waals surface area contributed by atoms with Crippen LogP contribution in [0.15, 0.2) is 0 Å². The summed E-state index contributed by atoms with van der Waals surface area (Å²) >= 11 is 0. The maximum absolute atomic E-state index is 9.48. The molecule has 0 aromatic carbocycles. The Labute approximate surface area is 75.2 Å². The van der Waals surface area contributed by atoms with E-state index in [0.717, 1.165) is 0 Å². The van der Waals surface area contributed by atoms with E-state index >= 15 is 0 Å². The van der Waals surface area contributed by atoms with Gasteiger partial charge in [-0.2, -0.15) is 5.92 Å². The molecule has 59 valence electrons. The fraction of sp³-hybridized carbons (Fsp3) is 0.571. The number of rotatable bonds is 0. The SMILES string of the molecule is [CH2-]C(=O)OC.[CH2-]C(C)C.[V+2]. The van der Waals surface area contributed by atoms with E-state index in [1.165, 1.54) is 7.11 Å². The van der Waals surface area contributed by atoms with Crippen LogP contribution in [0.25, 0.3) is 0 Å². The zero-order valence-electron chi connectivity index (χ0n) is 6.76. The molecule has 0 aliphatic heterocycles. The third-order valence-electron chi connectivity index (χ3n) is 0.228. The first-order valence-corrected chi connectivity index (χ1v) is 2.73. The summed E-state index contributed by atoms with van der Waals surface area (Å²) in [7, 11) is 1.29. The van der Waals surface area contributed by atoms with E-state index in [9.17, 15) is 4.79 Å². The summed E-state index contributed by atoms with van der Waals surface area (Å²) in [5, 5.41) is 0. The number of esters is 1. The Kier molecular flexibility index (Phi) is 19.3. The minimum atomic E-state index is -0.495. The molecule has 0 atom stereocenters. The van der Waals surface area contributed by atoms with E-state index in [2.05, 4.69) is 32.4 Å². The van der Waals surface area contributed by atoms with Gasteiger partial charge in [-0.25, -0.2) is 0 Å². The molecule has 0 aliphatic carbocycles. The van der Waals surface area contributed by atoms with Gasteiger partial charge in [-0.05, 0) is 0 Å². The first-order valence-electron chi connectivity index (χ1n) is 2.73. The maximum atomic E-state index is 9.48. The van der Waals surface area contributed by atoms with Gasteiger partial charge in [0.2, 0.25) is 0 Å². The van der Waals surface area contributed by atoms with Crippen molar-refractivity contribution in [2.45, 2.75) is 13.8 Å². The first-order chi connectivity index (χ1) is 4.00. The van der Waals surface area contributed by atoms with Crippen LogP contribution < -0.4 is 0 Å². The number of carbonyl (C=O) groups is 1. The molecule has 0 spiro atoms. The fourth-order valence-electron chi connectivity index (χ4n) is 0. The second-order valence-corrected chi connectivity index (χ2v) is 1.97. The molecule has 0 saturated carbocycles. The van der Waals surface area contributed by atoms with Crippen LogP contribution in [-0.4, -0.2) is 13.1 Å². The summed E-state index contributed by atoms with van der Waals surface area (Å²) in [5.41, 5.74) is 0. The molecule has 3 heteroatoms. The molecule has 0 heterocycles. The van der Waals surface area contributed by atoms with Gasteiger partial charge in [-0.3, -0.25) is 11.7 Å². The van der Waals surface area contributed by atoms with Crippen LogP contribution in [0.4, 0.5) is 0 Å². The van der Waals surface area contributed by atoms with Crippen molar-refractivity contribution in [3.63, 3.8) is 0 Å². The monoisotopic (exact) mass is 181 g/mol. The molecule has 0 unspecified atom stereocenters. The molecular formula is C7H14O2V. The van der Waals surface area contributed by atoms with E-state index in [-0.39, 0.29) is 18.6 Å². The van der Waals surface area contributed by atoms with Crippen LogP contribution in [0.2, 0.25) is 0 Å². The molecule has 10 heavy (non-hydrogen) atoms. The molecule has 0 amide bonds. The molecule has 0 fully saturated rings. The second kappa shape index (κ2) is 11.7. The van der Waals surface area contributed by atoms with Crippen molar-refractivity contribution in [3.8, 4) is 0 Å². The van der Waals surface area contributed by atoms with Gasteiger partial charge in [0.25, 0.3) is 0 Å². The Morgan fingerprint density at radius 1 is 1.50 bits per heavy atom. The average molecular weight is 181 g/mol. The van der Waals surface area contributed by atoms with Crippen LogP contribution >= 0.6 is 0 Å². The van der Waals surface area contributed by atoms with Crippen molar-refractivity contribution < 1.29 is 28.1 Å². The summed E-state index contributed by atoms with van der Waals surface area (Å²) in [5.74, 6) is 0.0880. The second-order valence-electron chi connectivity index (χ2n) is 1.97. The summed E-state index contributed by atoms with van der Waals surface area (Å²) in [6.45, 7) is 10.6. The third-order valence-corrected chi connectivity index (χ3v) is 0.228. The summed E-state index contributed by atoms with van der Waals surface area (Å²) in [4.78, 5) is 9.48. The Balaban J connectivity index is -0.0000000910. The van der Waals surface area contributed by atoms with Crippen LogP contribution in [0.3, 0.4) is 0 Å². The van der Waals surface area contributed by atoms with E-state index in [1.54, 1.807) is 0 Å². The zero-order valence-corrected chi connectivity index (χ0v) is 8.15. The van der Waals surface area contributed by atoms with E-state index < -0.39 is 5.97 Å². The van der Waals surface area contributed by atoms with Gasteiger partial charge in [0.15, 0.2) is 5.97 Å². The van der Waals surface area contributed by atoms with Gasteiger partial charge in [0.05, 0.1) is 7.11 Å². The predicted molar refractivity (Wildman–Crippen MR) is 37.6 cm³/mol. The normalized spacial score (nSPS) is 6.90. The van der Waals surface area contributed by atoms with E-state index in [4.69, 9.17) is 0 Å². The molecule has 0 saturated heterocycles. The number of hydrogen-bond donors (Lipinski definition) is 0. The minimum Gasteiger partial charge on any atom is -0.492 e. The molecule has 0 aromatic heterocycles. The van der Waals surface area contributed by atoms with Crippen molar-refractivity contribution in [2.75, 3.05) is 7.11 Å². The topological polar surface area (TPSA) is 26.3 Å². The maximum Gasteiger partial charge on any atom is 2.00 e.